The Labute approximate surface area is 125 Å². The number of hydrogen-bond donors (Lipinski definition) is 1. The van der Waals surface area contributed by atoms with Crippen LogP contribution in [0.5, 0.6) is 0 Å². The molecule has 0 heterocycles. The number of hydrogen-bond acceptors (Lipinski definition) is 1. The van der Waals surface area contributed by atoms with Crippen molar-refractivity contribution >= 4 is 11.6 Å². The molecule has 0 spiro atoms. The summed E-state index contributed by atoms with van der Waals surface area (Å²) in [6.07, 6.45) is 4.03. The van der Waals surface area contributed by atoms with Gasteiger partial charge in [0.15, 0.2) is 0 Å². The van der Waals surface area contributed by atoms with E-state index in [1.54, 1.807) is 0 Å². The van der Waals surface area contributed by atoms with Gasteiger partial charge in [-0.15, -0.1) is 0 Å². The summed E-state index contributed by atoms with van der Waals surface area (Å²) in [4.78, 5) is 0. The lowest BCUT2D eigenvalue weighted by Gasteiger charge is -2.26. The first-order valence-corrected chi connectivity index (χ1v) is 7.64. The van der Waals surface area contributed by atoms with Gasteiger partial charge in [0, 0.05) is 5.02 Å². The molecule has 20 heavy (non-hydrogen) atoms. The number of rotatable bonds is 3. The standard InChI is InChI=1S/C18H20ClN/c1-12-9-16(11-17(19)10-12)18(20)15-7-5-14(6-8-15)13-3-2-4-13/h5-11,13,18H,2-4,20H2,1H3. The van der Waals surface area contributed by atoms with Crippen LogP contribution < -0.4 is 5.73 Å². The second-order valence-corrected chi connectivity index (χ2v) is 6.27. The van der Waals surface area contributed by atoms with E-state index in [2.05, 4.69) is 30.3 Å². The largest absolute Gasteiger partial charge is 0.320 e. The summed E-state index contributed by atoms with van der Waals surface area (Å²) in [6.45, 7) is 2.04. The summed E-state index contributed by atoms with van der Waals surface area (Å²) in [7, 11) is 0. The summed E-state index contributed by atoms with van der Waals surface area (Å²) in [5, 5.41) is 0.751. The lowest BCUT2D eigenvalue weighted by atomic mass is 9.79. The second-order valence-electron chi connectivity index (χ2n) is 5.83. The Balaban J connectivity index is 1.83. The molecule has 104 valence electrons. The molecule has 2 heteroatoms. The van der Waals surface area contributed by atoms with Crippen molar-refractivity contribution in [3.63, 3.8) is 0 Å². The molecule has 1 atom stereocenters. The van der Waals surface area contributed by atoms with E-state index in [0.29, 0.717) is 0 Å². The molecule has 0 saturated heterocycles. The van der Waals surface area contributed by atoms with Crippen molar-refractivity contribution < 1.29 is 0 Å². The third-order valence-corrected chi connectivity index (χ3v) is 4.51. The summed E-state index contributed by atoms with van der Waals surface area (Å²) in [5.74, 6) is 0.772. The number of nitrogens with two attached hydrogens (primary N) is 1. The zero-order chi connectivity index (χ0) is 14.1. The highest BCUT2D eigenvalue weighted by Gasteiger charge is 2.19. The van der Waals surface area contributed by atoms with Crippen molar-refractivity contribution in [3.05, 3.63) is 69.7 Å². The number of aryl methyl sites for hydroxylation is 1. The Kier molecular flexibility index (Phi) is 3.82. The Morgan fingerprint density at radius 3 is 2.30 bits per heavy atom. The van der Waals surface area contributed by atoms with Gasteiger partial charge in [-0.3, -0.25) is 0 Å². The van der Waals surface area contributed by atoms with Crippen molar-refractivity contribution in [1.29, 1.82) is 0 Å². The third-order valence-electron chi connectivity index (χ3n) is 4.30. The molecule has 1 fully saturated rings. The highest BCUT2D eigenvalue weighted by atomic mass is 35.5. The van der Waals surface area contributed by atoms with Crippen molar-refractivity contribution in [2.75, 3.05) is 0 Å². The first-order valence-electron chi connectivity index (χ1n) is 7.26. The average molecular weight is 286 g/mol. The molecule has 1 nitrogen and oxygen atoms in total. The van der Waals surface area contributed by atoms with Crippen molar-refractivity contribution in [1.82, 2.24) is 0 Å². The smallest absolute Gasteiger partial charge is 0.0552 e. The third kappa shape index (κ3) is 2.74. The van der Waals surface area contributed by atoms with Crippen LogP contribution in [0.2, 0.25) is 5.02 Å². The van der Waals surface area contributed by atoms with E-state index in [0.717, 1.165) is 27.6 Å². The normalized spacial score (nSPS) is 16.8. The quantitative estimate of drug-likeness (QED) is 0.847. The van der Waals surface area contributed by atoms with E-state index in [-0.39, 0.29) is 6.04 Å². The second kappa shape index (κ2) is 5.59. The fourth-order valence-electron chi connectivity index (χ4n) is 2.85. The summed E-state index contributed by atoms with van der Waals surface area (Å²) >= 11 is 6.12. The number of halogens is 1. The van der Waals surface area contributed by atoms with Crippen LogP contribution in [0.3, 0.4) is 0 Å². The number of benzene rings is 2. The summed E-state index contributed by atoms with van der Waals surface area (Å²) in [6, 6.07) is 14.7. The molecule has 2 N–H and O–H groups in total. The lowest BCUT2D eigenvalue weighted by molar-refractivity contribution is 0.419. The highest BCUT2D eigenvalue weighted by molar-refractivity contribution is 6.30. The average Bonchev–Trinajstić information content (AvgIpc) is 2.35. The summed E-state index contributed by atoms with van der Waals surface area (Å²) in [5.41, 5.74) is 11.2. The van der Waals surface area contributed by atoms with Gasteiger partial charge in [-0.05, 0) is 60.1 Å². The minimum atomic E-state index is -0.108. The molecule has 0 bridgehead atoms. The Bertz CT molecular complexity index is 579. The minimum Gasteiger partial charge on any atom is -0.320 e. The molecule has 2 aromatic carbocycles. The fourth-order valence-corrected chi connectivity index (χ4v) is 3.15. The predicted molar refractivity (Wildman–Crippen MR) is 85.3 cm³/mol. The molecule has 1 aliphatic carbocycles. The van der Waals surface area contributed by atoms with Crippen molar-refractivity contribution in [2.45, 2.75) is 38.1 Å². The first-order chi connectivity index (χ1) is 9.63. The fraction of sp³-hybridized carbons (Fsp3) is 0.333. The Morgan fingerprint density at radius 1 is 1.05 bits per heavy atom. The molecular formula is C18H20ClN. The van der Waals surface area contributed by atoms with Crippen LogP contribution in [-0.4, -0.2) is 0 Å². The zero-order valence-electron chi connectivity index (χ0n) is 11.8. The van der Waals surface area contributed by atoms with Crippen LogP contribution in [0.15, 0.2) is 42.5 Å². The lowest BCUT2D eigenvalue weighted by Crippen LogP contribution is -2.13. The van der Waals surface area contributed by atoms with Crippen LogP contribution >= 0.6 is 11.6 Å². The van der Waals surface area contributed by atoms with Gasteiger partial charge in [-0.1, -0.05) is 48.4 Å². The van der Waals surface area contributed by atoms with E-state index in [4.69, 9.17) is 17.3 Å². The van der Waals surface area contributed by atoms with E-state index in [1.165, 1.54) is 24.8 Å². The van der Waals surface area contributed by atoms with E-state index < -0.39 is 0 Å². The maximum Gasteiger partial charge on any atom is 0.0552 e. The van der Waals surface area contributed by atoms with Crippen LogP contribution in [0, 0.1) is 6.92 Å². The molecule has 0 aromatic heterocycles. The van der Waals surface area contributed by atoms with Gasteiger partial charge in [0.2, 0.25) is 0 Å². The molecule has 1 unspecified atom stereocenters. The Morgan fingerprint density at radius 2 is 1.75 bits per heavy atom. The monoisotopic (exact) mass is 285 g/mol. The molecule has 2 aromatic rings. The van der Waals surface area contributed by atoms with Gasteiger partial charge in [-0.25, -0.2) is 0 Å². The molecule has 1 aliphatic rings. The topological polar surface area (TPSA) is 26.0 Å². The van der Waals surface area contributed by atoms with E-state index >= 15 is 0 Å². The molecule has 0 radical (unpaired) electrons. The molecule has 3 rings (SSSR count). The van der Waals surface area contributed by atoms with Crippen LogP contribution in [0.25, 0.3) is 0 Å². The maximum absolute atomic E-state index is 6.37. The minimum absolute atomic E-state index is 0.108. The van der Waals surface area contributed by atoms with Gasteiger partial charge in [0.05, 0.1) is 6.04 Å². The SMILES string of the molecule is Cc1cc(Cl)cc(C(N)c2ccc(C3CCC3)cc2)c1. The molecule has 0 aliphatic heterocycles. The van der Waals surface area contributed by atoms with Crippen molar-refractivity contribution in [3.8, 4) is 0 Å². The van der Waals surface area contributed by atoms with Gasteiger partial charge in [0.25, 0.3) is 0 Å². The van der Waals surface area contributed by atoms with Crippen LogP contribution in [0.4, 0.5) is 0 Å². The molecule has 0 amide bonds. The zero-order valence-corrected chi connectivity index (χ0v) is 12.5. The van der Waals surface area contributed by atoms with Crippen LogP contribution in [0.1, 0.15) is 53.5 Å². The van der Waals surface area contributed by atoms with Gasteiger partial charge in [0.1, 0.15) is 0 Å². The molecular weight excluding hydrogens is 266 g/mol. The summed E-state index contributed by atoms with van der Waals surface area (Å²) < 4.78 is 0. The first kappa shape index (κ1) is 13.7. The predicted octanol–water partition coefficient (Wildman–Crippen LogP) is 4.96. The van der Waals surface area contributed by atoms with Crippen LogP contribution in [-0.2, 0) is 0 Å². The maximum atomic E-state index is 6.37. The van der Waals surface area contributed by atoms with Gasteiger partial charge in [-0.2, -0.15) is 0 Å². The highest BCUT2D eigenvalue weighted by Crippen LogP contribution is 2.36. The van der Waals surface area contributed by atoms with E-state index in [9.17, 15) is 0 Å². The van der Waals surface area contributed by atoms with Gasteiger partial charge >= 0.3 is 0 Å². The molecule has 1 saturated carbocycles. The van der Waals surface area contributed by atoms with E-state index in [1.807, 2.05) is 19.1 Å². The van der Waals surface area contributed by atoms with Gasteiger partial charge < -0.3 is 5.73 Å². The van der Waals surface area contributed by atoms with Crippen molar-refractivity contribution in [2.24, 2.45) is 5.73 Å². The Hall–Kier alpha value is -1.31.